The van der Waals surface area contributed by atoms with Crippen molar-refractivity contribution in [3.8, 4) is 0 Å². The van der Waals surface area contributed by atoms with Gasteiger partial charge in [0.2, 0.25) is 15.9 Å². The van der Waals surface area contributed by atoms with Gasteiger partial charge in [0.05, 0.1) is 12.3 Å². The maximum Gasteiger partial charge on any atom is 0.240 e. The summed E-state index contributed by atoms with van der Waals surface area (Å²) in [6.45, 7) is 1.78. The average Bonchev–Trinajstić information content (AvgIpc) is 3.06. The Hall–Kier alpha value is -1.81. The predicted octanol–water partition coefficient (Wildman–Crippen LogP) is 2.40. The summed E-state index contributed by atoms with van der Waals surface area (Å²) in [5, 5.41) is 5.21. The number of rotatable bonds is 7. The molecule has 1 amide bonds. The summed E-state index contributed by atoms with van der Waals surface area (Å²) >= 11 is 1.39. The Labute approximate surface area is 170 Å². The van der Waals surface area contributed by atoms with Crippen molar-refractivity contribution in [3.63, 3.8) is 0 Å². The first-order valence-corrected chi connectivity index (χ1v) is 11.8. The summed E-state index contributed by atoms with van der Waals surface area (Å²) in [6.07, 6.45) is 4.03. The van der Waals surface area contributed by atoms with Gasteiger partial charge in [0.1, 0.15) is 0 Å². The van der Waals surface area contributed by atoms with Crippen molar-refractivity contribution in [1.82, 2.24) is 14.2 Å². The number of hydrogen-bond donors (Lipinski definition) is 1. The number of thiazole rings is 1. The van der Waals surface area contributed by atoms with Gasteiger partial charge in [-0.3, -0.25) is 9.69 Å². The number of hydrogen-bond acceptors (Lipinski definition) is 6. The van der Waals surface area contributed by atoms with E-state index in [1.807, 2.05) is 35.7 Å². The Morgan fingerprint density at radius 2 is 2.07 bits per heavy atom. The molecule has 1 N–H and O–H groups in total. The van der Waals surface area contributed by atoms with E-state index < -0.39 is 10.0 Å². The summed E-state index contributed by atoms with van der Waals surface area (Å²) in [6, 6.07) is 9.21. The molecule has 9 heteroatoms. The van der Waals surface area contributed by atoms with Crippen LogP contribution in [0.1, 0.15) is 24.8 Å². The maximum absolute atomic E-state index is 12.8. The molecule has 7 nitrogen and oxygen atoms in total. The molecule has 1 aromatic heterocycles. The fourth-order valence-electron chi connectivity index (χ4n) is 3.42. The normalized spacial score (nSPS) is 18.7. The number of anilines is 1. The molecular weight excluding hydrogens is 396 g/mol. The monoisotopic (exact) mass is 422 g/mol. The molecule has 0 spiro atoms. The van der Waals surface area contributed by atoms with E-state index in [0.29, 0.717) is 18.2 Å². The summed E-state index contributed by atoms with van der Waals surface area (Å²) in [4.78, 5) is 18.3. The van der Waals surface area contributed by atoms with Crippen LogP contribution < -0.4 is 5.32 Å². The van der Waals surface area contributed by atoms with Crippen LogP contribution in [0.4, 0.5) is 5.13 Å². The number of benzene rings is 1. The van der Waals surface area contributed by atoms with Crippen molar-refractivity contribution in [2.24, 2.45) is 0 Å². The Morgan fingerprint density at radius 3 is 2.79 bits per heavy atom. The van der Waals surface area contributed by atoms with Crippen LogP contribution in [-0.4, -0.2) is 61.2 Å². The van der Waals surface area contributed by atoms with Gasteiger partial charge in [0.15, 0.2) is 5.13 Å². The fraction of sp³-hybridized carbons (Fsp3) is 0.474. The quantitative estimate of drug-likeness (QED) is 0.741. The Kier molecular flexibility index (Phi) is 7.17. The highest BCUT2D eigenvalue weighted by Gasteiger charge is 2.28. The van der Waals surface area contributed by atoms with E-state index in [0.717, 1.165) is 31.4 Å². The Morgan fingerprint density at radius 1 is 1.29 bits per heavy atom. The Balaban J connectivity index is 1.53. The van der Waals surface area contributed by atoms with Crippen LogP contribution in [0.2, 0.25) is 0 Å². The number of nitrogens with one attached hydrogen (secondary N) is 1. The number of carbonyl (C=O) groups is 1. The zero-order chi connectivity index (χ0) is 20.0. The van der Waals surface area contributed by atoms with Crippen molar-refractivity contribution in [2.75, 3.05) is 32.0 Å². The standard InChI is InChI=1S/C19H26N4O3S2/c1-22(28(25,26)15-16-6-3-2-4-7-16)17-8-5-11-23(12-9-17)14-18(24)21-19-20-10-13-27-19/h2-4,6-7,10,13,17H,5,8-9,11-12,14-15H2,1H3,(H,20,21,24)/t17-/m1/s1. The van der Waals surface area contributed by atoms with Gasteiger partial charge in [-0.2, -0.15) is 0 Å². The third kappa shape index (κ3) is 5.84. The second kappa shape index (κ2) is 9.60. The van der Waals surface area contributed by atoms with Gasteiger partial charge in [0, 0.05) is 31.2 Å². The molecular formula is C19H26N4O3S2. The first-order chi connectivity index (χ1) is 13.4. The van der Waals surface area contributed by atoms with Gasteiger partial charge >= 0.3 is 0 Å². The number of aromatic nitrogens is 1. The van der Waals surface area contributed by atoms with Gasteiger partial charge in [-0.05, 0) is 31.4 Å². The van der Waals surface area contributed by atoms with E-state index in [-0.39, 0.29) is 17.7 Å². The van der Waals surface area contributed by atoms with E-state index in [1.165, 1.54) is 15.6 Å². The molecule has 0 aliphatic carbocycles. The predicted molar refractivity (Wildman–Crippen MR) is 112 cm³/mol. The molecule has 2 heterocycles. The fourth-order valence-corrected chi connectivity index (χ4v) is 5.45. The van der Waals surface area contributed by atoms with Gasteiger partial charge in [-0.1, -0.05) is 30.3 Å². The van der Waals surface area contributed by atoms with E-state index in [9.17, 15) is 13.2 Å². The highest BCUT2D eigenvalue weighted by molar-refractivity contribution is 7.88. The maximum atomic E-state index is 12.8. The first-order valence-electron chi connectivity index (χ1n) is 9.35. The van der Waals surface area contributed by atoms with Crippen LogP contribution in [0.15, 0.2) is 41.9 Å². The number of likely N-dealkylation sites (tertiary alicyclic amines) is 1. The molecule has 1 aliphatic heterocycles. The molecule has 1 fully saturated rings. The van der Waals surface area contributed by atoms with Gasteiger partial charge in [-0.15, -0.1) is 11.3 Å². The number of amides is 1. The highest BCUT2D eigenvalue weighted by atomic mass is 32.2. The van der Waals surface area contributed by atoms with Crippen molar-refractivity contribution in [2.45, 2.75) is 31.1 Å². The average molecular weight is 423 g/mol. The van der Waals surface area contributed by atoms with E-state index in [2.05, 4.69) is 15.2 Å². The van der Waals surface area contributed by atoms with Crippen LogP contribution in [-0.2, 0) is 20.6 Å². The molecule has 3 rings (SSSR count). The van der Waals surface area contributed by atoms with Crippen LogP contribution in [0.3, 0.4) is 0 Å². The Bertz CT molecular complexity index is 857. The van der Waals surface area contributed by atoms with E-state index >= 15 is 0 Å². The zero-order valence-corrected chi connectivity index (χ0v) is 17.6. The number of carbonyl (C=O) groups excluding carboxylic acids is 1. The lowest BCUT2D eigenvalue weighted by atomic mass is 10.1. The molecule has 0 saturated carbocycles. The molecule has 1 aromatic carbocycles. The molecule has 2 aromatic rings. The SMILES string of the molecule is CN([C@@H]1CCCN(CC(=O)Nc2nccs2)CC1)S(=O)(=O)Cc1ccccc1. The lowest BCUT2D eigenvalue weighted by Gasteiger charge is -2.26. The van der Waals surface area contributed by atoms with E-state index in [4.69, 9.17) is 0 Å². The molecule has 1 aliphatic rings. The molecule has 1 atom stereocenters. The van der Waals surface area contributed by atoms with Crippen LogP contribution >= 0.6 is 11.3 Å². The van der Waals surface area contributed by atoms with Gasteiger partial charge in [0.25, 0.3) is 0 Å². The molecule has 1 saturated heterocycles. The second-order valence-corrected chi connectivity index (χ2v) is 9.93. The lowest BCUT2D eigenvalue weighted by molar-refractivity contribution is -0.117. The third-order valence-electron chi connectivity index (χ3n) is 4.98. The topological polar surface area (TPSA) is 82.6 Å². The summed E-state index contributed by atoms with van der Waals surface area (Å²) in [5.74, 6) is -0.0701. The summed E-state index contributed by atoms with van der Waals surface area (Å²) < 4.78 is 27.1. The van der Waals surface area contributed by atoms with Crippen molar-refractivity contribution in [1.29, 1.82) is 0 Å². The van der Waals surface area contributed by atoms with Crippen LogP contribution in [0.25, 0.3) is 0 Å². The molecule has 152 valence electrons. The van der Waals surface area contributed by atoms with E-state index in [1.54, 1.807) is 13.2 Å². The van der Waals surface area contributed by atoms with Crippen LogP contribution in [0.5, 0.6) is 0 Å². The van der Waals surface area contributed by atoms with Gasteiger partial charge in [-0.25, -0.2) is 17.7 Å². The molecule has 0 unspecified atom stereocenters. The minimum atomic E-state index is -3.38. The lowest BCUT2D eigenvalue weighted by Crippen LogP contribution is -2.39. The second-order valence-electron chi connectivity index (χ2n) is 7.00. The minimum absolute atomic E-state index is 0.0147. The summed E-state index contributed by atoms with van der Waals surface area (Å²) in [5.41, 5.74) is 0.795. The van der Waals surface area contributed by atoms with Crippen molar-refractivity contribution < 1.29 is 13.2 Å². The zero-order valence-electron chi connectivity index (χ0n) is 16.0. The smallest absolute Gasteiger partial charge is 0.240 e. The largest absolute Gasteiger partial charge is 0.301 e. The van der Waals surface area contributed by atoms with Gasteiger partial charge < -0.3 is 5.32 Å². The highest BCUT2D eigenvalue weighted by Crippen LogP contribution is 2.21. The van der Waals surface area contributed by atoms with Crippen molar-refractivity contribution >= 4 is 32.4 Å². The molecule has 28 heavy (non-hydrogen) atoms. The van der Waals surface area contributed by atoms with Crippen molar-refractivity contribution in [3.05, 3.63) is 47.5 Å². The van der Waals surface area contributed by atoms with Crippen LogP contribution in [0, 0.1) is 0 Å². The minimum Gasteiger partial charge on any atom is -0.301 e. The third-order valence-corrected chi connectivity index (χ3v) is 7.54. The summed E-state index contributed by atoms with van der Waals surface area (Å²) in [7, 11) is -1.70. The number of nitrogens with zero attached hydrogens (tertiary/aromatic N) is 3. The molecule has 0 bridgehead atoms. The molecule has 0 radical (unpaired) electrons. The first kappa shape index (κ1) is 20.9. The number of sulfonamides is 1.